The molecule has 0 N–H and O–H groups in total. The Labute approximate surface area is 152 Å². The molecular weight excluding hydrogens is 332 g/mol. The van der Waals surface area contributed by atoms with Crippen LogP contribution in [0.1, 0.15) is 38.5 Å². The van der Waals surface area contributed by atoms with Gasteiger partial charge in [0, 0.05) is 25.2 Å². The van der Waals surface area contributed by atoms with E-state index in [1.165, 1.54) is 12.2 Å². The van der Waals surface area contributed by atoms with Crippen molar-refractivity contribution in [1.82, 2.24) is 9.88 Å². The summed E-state index contributed by atoms with van der Waals surface area (Å²) >= 11 is 0. The van der Waals surface area contributed by atoms with Gasteiger partial charge in [-0.1, -0.05) is 19.1 Å². The number of amides is 1. The quantitative estimate of drug-likeness (QED) is 0.606. The number of benzene rings is 1. The highest BCUT2D eigenvalue weighted by atomic mass is 16.5. The van der Waals surface area contributed by atoms with Crippen LogP contribution in [0.25, 0.3) is 17.2 Å². The van der Waals surface area contributed by atoms with Crippen LogP contribution in [0.5, 0.6) is 0 Å². The molecule has 0 spiro atoms. The Hall–Kier alpha value is -2.63. The second kappa shape index (κ2) is 8.17. The topological polar surface area (TPSA) is 72.6 Å². The van der Waals surface area contributed by atoms with Crippen molar-refractivity contribution >= 4 is 29.1 Å². The van der Waals surface area contributed by atoms with Gasteiger partial charge >= 0.3 is 5.97 Å². The minimum absolute atomic E-state index is 0.173. The molecule has 3 rings (SSSR count). The van der Waals surface area contributed by atoms with E-state index in [1.807, 2.05) is 18.2 Å². The van der Waals surface area contributed by atoms with Crippen LogP contribution in [-0.2, 0) is 14.3 Å². The number of carbonyl (C=O) groups excluding carboxylic acids is 2. The van der Waals surface area contributed by atoms with E-state index in [4.69, 9.17) is 9.15 Å². The molecule has 1 amide bonds. The molecule has 0 radical (unpaired) electrons. The smallest absolute Gasteiger partial charge is 0.331 e. The number of esters is 1. The van der Waals surface area contributed by atoms with Gasteiger partial charge in [0.05, 0.1) is 0 Å². The van der Waals surface area contributed by atoms with Gasteiger partial charge in [0.25, 0.3) is 5.91 Å². The van der Waals surface area contributed by atoms with E-state index in [0.29, 0.717) is 11.5 Å². The molecule has 2 aromatic rings. The molecule has 6 nitrogen and oxygen atoms in total. The number of rotatable bonds is 5. The Morgan fingerprint density at radius 3 is 2.73 bits per heavy atom. The Morgan fingerprint density at radius 2 is 2.00 bits per heavy atom. The summed E-state index contributed by atoms with van der Waals surface area (Å²) in [6.45, 7) is 1.99. The predicted octanol–water partition coefficient (Wildman–Crippen LogP) is 3.42. The molecule has 0 atom stereocenters. The summed E-state index contributed by atoms with van der Waals surface area (Å²) in [4.78, 5) is 30.0. The fraction of sp³-hybridized carbons (Fsp3) is 0.450. The minimum Gasteiger partial charge on any atom is -0.452 e. The monoisotopic (exact) mass is 356 g/mol. The minimum atomic E-state index is -0.591. The van der Waals surface area contributed by atoms with Crippen molar-refractivity contribution in [3.63, 3.8) is 0 Å². The second-order valence-corrected chi connectivity index (χ2v) is 6.88. The first-order chi connectivity index (χ1) is 12.5. The number of carbonyl (C=O) groups is 2. The fourth-order valence-electron chi connectivity index (χ4n) is 3.22. The second-order valence-electron chi connectivity index (χ2n) is 6.88. The zero-order valence-corrected chi connectivity index (χ0v) is 15.2. The summed E-state index contributed by atoms with van der Waals surface area (Å²) in [5.74, 6) is 0.284. The van der Waals surface area contributed by atoms with Crippen molar-refractivity contribution in [1.29, 1.82) is 0 Å². The van der Waals surface area contributed by atoms with Crippen molar-refractivity contribution in [3.8, 4) is 0 Å². The van der Waals surface area contributed by atoms with Gasteiger partial charge in [-0.15, -0.1) is 0 Å². The Kier molecular flexibility index (Phi) is 5.71. The molecule has 1 aromatic heterocycles. The molecule has 0 bridgehead atoms. The van der Waals surface area contributed by atoms with Crippen molar-refractivity contribution in [3.05, 3.63) is 36.2 Å². The van der Waals surface area contributed by atoms with E-state index in [9.17, 15) is 9.59 Å². The number of nitrogens with zero attached hydrogens (tertiary/aromatic N) is 2. The fourth-order valence-corrected chi connectivity index (χ4v) is 3.22. The maximum atomic E-state index is 12.2. The van der Waals surface area contributed by atoms with Crippen LogP contribution < -0.4 is 0 Å². The van der Waals surface area contributed by atoms with E-state index in [-0.39, 0.29) is 18.6 Å². The maximum absolute atomic E-state index is 12.2. The van der Waals surface area contributed by atoms with E-state index < -0.39 is 5.97 Å². The average Bonchev–Trinajstić information content (AvgIpc) is 3.07. The van der Waals surface area contributed by atoms with Crippen LogP contribution in [0.3, 0.4) is 0 Å². The average molecular weight is 356 g/mol. The Bertz CT molecular complexity index is 770. The number of fused-ring (bicyclic) bond motifs is 1. The van der Waals surface area contributed by atoms with Gasteiger partial charge in [0.1, 0.15) is 5.52 Å². The number of para-hydroxylation sites is 2. The molecule has 1 aliphatic rings. The molecule has 1 saturated carbocycles. The highest BCUT2D eigenvalue weighted by Gasteiger charge is 2.25. The molecule has 0 saturated heterocycles. The Balaban J connectivity index is 1.47. The van der Waals surface area contributed by atoms with E-state index in [0.717, 1.165) is 37.1 Å². The summed E-state index contributed by atoms with van der Waals surface area (Å²) in [6.07, 6.45) is 6.95. The summed E-state index contributed by atoms with van der Waals surface area (Å²) in [5, 5.41) is 0. The first-order valence-corrected chi connectivity index (χ1v) is 8.99. The third-order valence-electron chi connectivity index (χ3n) is 4.94. The molecule has 1 aliphatic carbocycles. The number of hydrogen-bond donors (Lipinski definition) is 0. The lowest BCUT2D eigenvalue weighted by Gasteiger charge is -2.33. The number of aromatic nitrogens is 1. The molecule has 1 aromatic carbocycles. The largest absolute Gasteiger partial charge is 0.452 e. The van der Waals surface area contributed by atoms with Gasteiger partial charge < -0.3 is 14.1 Å². The lowest BCUT2D eigenvalue weighted by atomic mass is 9.87. The van der Waals surface area contributed by atoms with Crippen LogP contribution in [0.4, 0.5) is 0 Å². The molecule has 26 heavy (non-hydrogen) atoms. The zero-order chi connectivity index (χ0) is 18.5. The summed E-state index contributed by atoms with van der Waals surface area (Å²) in [5.41, 5.74) is 1.37. The number of likely N-dealkylation sites (N-methyl/N-ethyl adjacent to an activating group) is 1. The van der Waals surface area contributed by atoms with Gasteiger partial charge in [-0.25, -0.2) is 9.78 Å². The van der Waals surface area contributed by atoms with Crippen molar-refractivity contribution in [2.45, 2.75) is 38.6 Å². The maximum Gasteiger partial charge on any atom is 0.331 e. The highest BCUT2D eigenvalue weighted by Crippen LogP contribution is 2.26. The third-order valence-corrected chi connectivity index (χ3v) is 4.94. The van der Waals surface area contributed by atoms with Crippen LogP contribution >= 0.6 is 0 Å². The standard InChI is InChI=1S/C20H24N2O4/c1-14-7-9-15(10-8-14)22(2)19(23)13-25-20(24)12-11-18-21-16-5-3-4-6-17(16)26-18/h3-6,11-12,14-15H,7-10,13H2,1-2H3/b12-11+. The summed E-state index contributed by atoms with van der Waals surface area (Å²) in [6, 6.07) is 7.59. The molecular formula is C20H24N2O4. The van der Waals surface area contributed by atoms with Gasteiger partial charge in [-0.3, -0.25) is 4.79 Å². The zero-order valence-electron chi connectivity index (χ0n) is 15.2. The van der Waals surface area contributed by atoms with Crippen LogP contribution in [0.15, 0.2) is 34.8 Å². The molecule has 0 aliphatic heterocycles. The third kappa shape index (κ3) is 4.50. The highest BCUT2D eigenvalue weighted by molar-refractivity contribution is 5.89. The van der Waals surface area contributed by atoms with E-state index >= 15 is 0 Å². The lowest BCUT2D eigenvalue weighted by Crippen LogP contribution is -2.41. The molecule has 1 heterocycles. The molecule has 0 unspecified atom stereocenters. The van der Waals surface area contributed by atoms with Gasteiger partial charge in [0.15, 0.2) is 12.2 Å². The summed E-state index contributed by atoms with van der Waals surface area (Å²) in [7, 11) is 1.78. The van der Waals surface area contributed by atoms with Gasteiger partial charge in [-0.2, -0.15) is 0 Å². The first kappa shape index (κ1) is 18.2. The van der Waals surface area contributed by atoms with Crippen LogP contribution in [-0.4, -0.2) is 41.5 Å². The van der Waals surface area contributed by atoms with E-state index in [1.54, 1.807) is 18.0 Å². The molecule has 6 heteroatoms. The van der Waals surface area contributed by atoms with E-state index in [2.05, 4.69) is 11.9 Å². The number of ether oxygens (including phenoxy) is 1. The predicted molar refractivity (Wildman–Crippen MR) is 98.2 cm³/mol. The van der Waals surface area contributed by atoms with Gasteiger partial charge in [0.2, 0.25) is 5.89 Å². The Morgan fingerprint density at radius 1 is 1.27 bits per heavy atom. The SMILES string of the molecule is CC1CCC(N(C)C(=O)COC(=O)/C=C/c2nc3ccccc3o2)CC1. The normalized spacial score (nSPS) is 20.4. The molecule has 138 valence electrons. The lowest BCUT2D eigenvalue weighted by molar-refractivity contribution is -0.148. The van der Waals surface area contributed by atoms with Crippen molar-refractivity contribution < 1.29 is 18.7 Å². The number of hydrogen-bond acceptors (Lipinski definition) is 5. The van der Waals surface area contributed by atoms with Gasteiger partial charge in [-0.05, 0) is 43.7 Å². The first-order valence-electron chi connectivity index (χ1n) is 8.99. The number of oxazole rings is 1. The molecule has 1 fully saturated rings. The van der Waals surface area contributed by atoms with Crippen molar-refractivity contribution in [2.75, 3.05) is 13.7 Å². The summed E-state index contributed by atoms with van der Waals surface area (Å²) < 4.78 is 10.5. The van der Waals surface area contributed by atoms with Crippen LogP contribution in [0.2, 0.25) is 0 Å². The van der Waals surface area contributed by atoms with Crippen LogP contribution in [0, 0.1) is 5.92 Å². The van der Waals surface area contributed by atoms with Crippen molar-refractivity contribution in [2.24, 2.45) is 5.92 Å².